The highest BCUT2D eigenvalue weighted by Crippen LogP contribution is 2.25. The first-order valence-electron chi connectivity index (χ1n) is 7.61. The molecule has 118 valence electrons. The summed E-state index contributed by atoms with van der Waals surface area (Å²) in [7, 11) is 0. The van der Waals surface area contributed by atoms with Crippen molar-refractivity contribution in [2.75, 3.05) is 6.54 Å². The molecule has 0 heterocycles. The van der Waals surface area contributed by atoms with Crippen LogP contribution in [0, 0.1) is 5.92 Å². The molecule has 0 aromatic rings. The normalized spacial score (nSPS) is 24.4. The average Bonchev–Trinajstić information content (AvgIpc) is 3.10. The maximum atomic E-state index is 11.6. The predicted octanol–water partition coefficient (Wildman–Crippen LogP) is 0.598. The molecule has 0 radical (unpaired) electrons. The summed E-state index contributed by atoms with van der Waals surface area (Å²) in [6, 6.07) is 0.0243. The fourth-order valence-electron chi connectivity index (χ4n) is 2.55. The number of hydrogen-bond acceptors (Lipinski definition) is 3. The molecule has 0 aromatic carbocycles. The molecule has 0 aliphatic heterocycles. The van der Waals surface area contributed by atoms with Crippen molar-refractivity contribution >= 4 is 17.9 Å². The molecule has 2 atom stereocenters. The summed E-state index contributed by atoms with van der Waals surface area (Å²) in [4.78, 5) is 33.9. The average molecular weight is 297 g/mol. The smallest absolute Gasteiger partial charge is 0.315 e. The molecule has 2 saturated carbocycles. The SMILES string of the molecule is O=C(CCCNC(=O)N[C@H]1CC[C@@H](C(=O)O)C1)NC1CC1. The van der Waals surface area contributed by atoms with Crippen LogP contribution in [0.3, 0.4) is 0 Å². The predicted molar refractivity (Wildman–Crippen MR) is 75.7 cm³/mol. The van der Waals surface area contributed by atoms with Crippen molar-refractivity contribution < 1.29 is 19.5 Å². The Hall–Kier alpha value is -1.79. The molecule has 7 heteroatoms. The first-order chi connectivity index (χ1) is 10.0. The number of carbonyl (C=O) groups excluding carboxylic acids is 2. The molecule has 0 saturated heterocycles. The van der Waals surface area contributed by atoms with E-state index < -0.39 is 5.97 Å². The molecule has 0 bridgehead atoms. The van der Waals surface area contributed by atoms with Crippen molar-refractivity contribution in [3.8, 4) is 0 Å². The van der Waals surface area contributed by atoms with Gasteiger partial charge in [-0.15, -0.1) is 0 Å². The number of carboxylic acid groups (broad SMARTS) is 1. The first kappa shape index (κ1) is 15.6. The van der Waals surface area contributed by atoms with Gasteiger partial charge in [0.2, 0.25) is 5.91 Å². The Kier molecular flexibility index (Phi) is 5.41. The van der Waals surface area contributed by atoms with E-state index in [1.54, 1.807) is 0 Å². The topological polar surface area (TPSA) is 108 Å². The molecule has 2 aliphatic carbocycles. The summed E-state index contributed by atoms with van der Waals surface area (Å²) in [5.74, 6) is -1.09. The molecule has 0 spiro atoms. The number of urea groups is 1. The van der Waals surface area contributed by atoms with Crippen LogP contribution in [0.25, 0.3) is 0 Å². The number of rotatable bonds is 7. The molecule has 3 amide bonds. The number of nitrogens with one attached hydrogen (secondary N) is 3. The molecule has 4 N–H and O–H groups in total. The quantitative estimate of drug-likeness (QED) is 0.516. The fourth-order valence-corrected chi connectivity index (χ4v) is 2.55. The summed E-state index contributed by atoms with van der Waals surface area (Å²) in [6.07, 6.45) is 4.98. The van der Waals surface area contributed by atoms with Gasteiger partial charge in [-0.2, -0.15) is 0 Å². The van der Waals surface area contributed by atoms with Crippen LogP contribution >= 0.6 is 0 Å². The van der Waals surface area contributed by atoms with Gasteiger partial charge in [-0.1, -0.05) is 0 Å². The Morgan fingerprint density at radius 2 is 1.71 bits per heavy atom. The van der Waals surface area contributed by atoms with Crippen LogP contribution in [-0.2, 0) is 9.59 Å². The zero-order valence-electron chi connectivity index (χ0n) is 12.1. The van der Waals surface area contributed by atoms with E-state index in [1.807, 2.05) is 0 Å². The van der Waals surface area contributed by atoms with E-state index in [9.17, 15) is 14.4 Å². The lowest BCUT2D eigenvalue weighted by molar-refractivity contribution is -0.141. The van der Waals surface area contributed by atoms with Crippen molar-refractivity contribution in [3.05, 3.63) is 0 Å². The van der Waals surface area contributed by atoms with Gasteiger partial charge in [0.05, 0.1) is 5.92 Å². The van der Waals surface area contributed by atoms with Crippen molar-refractivity contribution in [2.24, 2.45) is 5.92 Å². The van der Waals surface area contributed by atoms with Crippen LogP contribution in [0.1, 0.15) is 44.9 Å². The maximum absolute atomic E-state index is 11.6. The minimum absolute atomic E-state index is 0.0415. The number of amides is 3. The van der Waals surface area contributed by atoms with Gasteiger partial charge in [0.25, 0.3) is 0 Å². The molecular formula is C14H23N3O4. The monoisotopic (exact) mass is 297 g/mol. The highest BCUT2D eigenvalue weighted by atomic mass is 16.4. The van der Waals surface area contributed by atoms with E-state index in [0.29, 0.717) is 44.7 Å². The van der Waals surface area contributed by atoms with Crippen molar-refractivity contribution in [3.63, 3.8) is 0 Å². The maximum Gasteiger partial charge on any atom is 0.315 e. The van der Waals surface area contributed by atoms with Gasteiger partial charge in [0.15, 0.2) is 0 Å². The minimum Gasteiger partial charge on any atom is -0.481 e. The van der Waals surface area contributed by atoms with E-state index in [-0.39, 0.29) is 23.9 Å². The lowest BCUT2D eigenvalue weighted by atomic mass is 10.1. The third-order valence-electron chi connectivity index (χ3n) is 3.93. The van der Waals surface area contributed by atoms with Gasteiger partial charge in [0.1, 0.15) is 0 Å². The highest BCUT2D eigenvalue weighted by molar-refractivity contribution is 5.77. The van der Waals surface area contributed by atoms with Crippen LogP contribution in [0.4, 0.5) is 4.79 Å². The van der Waals surface area contributed by atoms with Crippen molar-refractivity contribution in [1.82, 2.24) is 16.0 Å². The summed E-state index contributed by atoms with van der Waals surface area (Å²) >= 11 is 0. The molecule has 0 aromatic heterocycles. The fraction of sp³-hybridized carbons (Fsp3) is 0.786. The standard InChI is InChI=1S/C14H23N3O4/c18-12(16-10-5-6-10)2-1-7-15-14(21)17-11-4-3-9(8-11)13(19)20/h9-11H,1-8H2,(H,16,18)(H,19,20)(H2,15,17,21)/t9-,11+/m1/s1. The Labute approximate surface area is 123 Å². The van der Waals surface area contributed by atoms with Crippen LogP contribution in [0.5, 0.6) is 0 Å². The van der Waals surface area contributed by atoms with Gasteiger partial charge in [-0.3, -0.25) is 9.59 Å². The van der Waals surface area contributed by atoms with Crippen LogP contribution in [-0.4, -0.2) is 41.6 Å². The second-order valence-electron chi connectivity index (χ2n) is 5.89. The van der Waals surface area contributed by atoms with Crippen molar-refractivity contribution in [1.29, 1.82) is 0 Å². The molecule has 2 fully saturated rings. The second kappa shape index (κ2) is 7.28. The van der Waals surface area contributed by atoms with E-state index in [0.717, 1.165) is 12.8 Å². The van der Waals surface area contributed by atoms with E-state index >= 15 is 0 Å². The van der Waals surface area contributed by atoms with Crippen LogP contribution < -0.4 is 16.0 Å². The Morgan fingerprint density at radius 3 is 2.33 bits per heavy atom. The van der Waals surface area contributed by atoms with E-state index in [1.165, 1.54) is 0 Å². The van der Waals surface area contributed by atoms with Gasteiger partial charge in [-0.25, -0.2) is 4.79 Å². The summed E-state index contributed by atoms with van der Waals surface area (Å²) in [5, 5.41) is 17.3. The molecular weight excluding hydrogens is 274 g/mol. The molecule has 2 aliphatic rings. The van der Waals surface area contributed by atoms with Crippen LogP contribution in [0.15, 0.2) is 0 Å². The van der Waals surface area contributed by atoms with Gasteiger partial charge < -0.3 is 21.1 Å². The molecule has 21 heavy (non-hydrogen) atoms. The van der Waals surface area contributed by atoms with Crippen molar-refractivity contribution in [2.45, 2.75) is 57.0 Å². The molecule has 0 unspecified atom stereocenters. The lowest BCUT2D eigenvalue weighted by Crippen LogP contribution is -2.41. The Balaban J connectivity index is 1.51. The zero-order valence-corrected chi connectivity index (χ0v) is 12.1. The second-order valence-corrected chi connectivity index (χ2v) is 5.89. The summed E-state index contributed by atoms with van der Waals surface area (Å²) in [5.41, 5.74) is 0. The third kappa shape index (κ3) is 5.61. The third-order valence-corrected chi connectivity index (χ3v) is 3.93. The Morgan fingerprint density at radius 1 is 1.00 bits per heavy atom. The van der Waals surface area contributed by atoms with Gasteiger partial charge in [-0.05, 0) is 38.5 Å². The number of carbonyl (C=O) groups is 3. The first-order valence-corrected chi connectivity index (χ1v) is 7.61. The number of aliphatic carboxylic acids is 1. The molecule has 2 rings (SSSR count). The highest BCUT2D eigenvalue weighted by Gasteiger charge is 2.30. The van der Waals surface area contributed by atoms with Crippen LogP contribution in [0.2, 0.25) is 0 Å². The van der Waals surface area contributed by atoms with Gasteiger partial charge in [0, 0.05) is 25.0 Å². The zero-order chi connectivity index (χ0) is 15.2. The van der Waals surface area contributed by atoms with E-state index in [2.05, 4.69) is 16.0 Å². The lowest BCUT2D eigenvalue weighted by Gasteiger charge is -2.13. The van der Waals surface area contributed by atoms with E-state index in [4.69, 9.17) is 5.11 Å². The molecule has 7 nitrogen and oxygen atoms in total. The summed E-state index contributed by atoms with van der Waals surface area (Å²) in [6.45, 7) is 0.443. The number of hydrogen-bond donors (Lipinski definition) is 4. The largest absolute Gasteiger partial charge is 0.481 e. The Bertz CT molecular complexity index is 409. The van der Waals surface area contributed by atoms with Gasteiger partial charge >= 0.3 is 12.0 Å². The summed E-state index contributed by atoms with van der Waals surface area (Å²) < 4.78 is 0. The minimum atomic E-state index is -0.790. The number of carboxylic acids is 1.